The fraction of sp³-hybridized carbons (Fsp3) is 0.652. The van der Waals surface area contributed by atoms with Gasteiger partial charge in [-0.25, -0.2) is 0 Å². The van der Waals surface area contributed by atoms with E-state index in [2.05, 4.69) is 57.6 Å². The van der Waals surface area contributed by atoms with Crippen LogP contribution in [0.25, 0.3) is 0 Å². The molecule has 3 rings (SSSR count). The van der Waals surface area contributed by atoms with Gasteiger partial charge in [0.1, 0.15) is 0 Å². The average Bonchev–Trinajstić information content (AvgIpc) is 2.73. The van der Waals surface area contributed by atoms with Crippen molar-refractivity contribution in [3.05, 3.63) is 29.3 Å². The summed E-state index contributed by atoms with van der Waals surface area (Å²) in [6.45, 7) is 9.97. The molecule has 0 radical (unpaired) electrons. The number of fused-ring (bicyclic) bond motifs is 1. The summed E-state index contributed by atoms with van der Waals surface area (Å²) in [4.78, 5) is 31.5. The maximum absolute atomic E-state index is 12.3. The molecule has 0 spiro atoms. The Morgan fingerprint density at radius 1 is 0.967 bits per heavy atom. The van der Waals surface area contributed by atoms with Crippen molar-refractivity contribution in [1.82, 2.24) is 20.4 Å². The van der Waals surface area contributed by atoms with E-state index in [0.29, 0.717) is 19.0 Å². The largest absolute Gasteiger partial charge is 0.374 e. The van der Waals surface area contributed by atoms with Gasteiger partial charge >= 0.3 is 11.8 Å². The molecule has 1 aromatic rings. The van der Waals surface area contributed by atoms with Crippen LogP contribution >= 0.6 is 0 Å². The molecule has 1 saturated heterocycles. The van der Waals surface area contributed by atoms with Crippen LogP contribution < -0.4 is 15.5 Å². The quantitative estimate of drug-likeness (QED) is 0.685. The Hall–Kier alpha value is -2.12. The number of anilines is 1. The summed E-state index contributed by atoms with van der Waals surface area (Å²) in [5, 5.41) is 5.59. The lowest BCUT2D eigenvalue weighted by molar-refractivity contribution is -0.139. The van der Waals surface area contributed by atoms with Crippen molar-refractivity contribution in [1.29, 1.82) is 0 Å². The van der Waals surface area contributed by atoms with E-state index in [1.165, 1.54) is 23.2 Å². The van der Waals surface area contributed by atoms with Crippen molar-refractivity contribution in [3.8, 4) is 0 Å². The van der Waals surface area contributed by atoms with Crippen LogP contribution in [0.1, 0.15) is 37.4 Å². The first-order chi connectivity index (χ1) is 14.3. The second kappa shape index (κ2) is 10.3. The van der Waals surface area contributed by atoms with Gasteiger partial charge in [-0.15, -0.1) is 0 Å². The van der Waals surface area contributed by atoms with Gasteiger partial charge in [-0.05, 0) is 43.0 Å². The summed E-state index contributed by atoms with van der Waals surface area (Å²) >= 11 is 0. The second-order valence-electron chi connectivity index (χ2n) is 9.08. The first-order valence-electron chi connectivity index (χ1n) is 11.2. The number of hydrogen-bond donors (Lipinski definition) is 2. The summed E-state index contributed by atoms with van der Waals surface area (Å²) in [5.41, 5.74) is 3.90. The Morgan fingerprint density at radius 2 is 1.63 bits per heavy atom. The molecular formula is C23H37N5O2. The summed E-state index contributed by atoms with van der Waals surface area (Å²) < 4.78 is 0. The lowest BCUT2D eigenvalue weighted by Crippen LogP contribution is -2.50. The van der Waals surface area contributed by atoms with Gasteiger partial charge < -0.3 is 20.4 Å². The third-order valence-electron chi connectivity index (χ3n) is 6.15. The van der Waals surface area contributed by atoms with Crippen LogP contribution in [0, 0.1) is 5.92 Å². The molecule has 0 aromatic heterocycles. The second-order valence-corrected chi connectivity index (χ2v) is 9.08. The molecule has 0 aliphatic carbocycles. The van der Waals surface area contributed by atoms with E-state index in [4.69, 9.17) is 0 Å². The highest BCUT2D eigenvalue weighted by Gasteiger charge is 2.26. The zero-order chi connectivity index (χ0) is 21.7. The summed E-state index contributed by atoms with van der Waals surface area (Å²) in [6.07, 6.45) is 2.26. The van der Waals surface area contributed by atoms with Gasteiger partial charge in [-0.3, -0.25) is 14.5 Å². The molecule has 0 saturated carbocycles. The van der Waals surface area contributed by atoms with Gasteiger partial charge in [0.2, 0.25) is 0 Å². The standard InChI is InChI=1S/C23H37N5O2/c1-17(2)15-24-22(29)23(30)25-16-21(28-12-10-26(3)11-13-28)19-7-8-20-18(14-19)6-5-9-27(20)4/h7-8,14,17,21H,5-6,9-13,15-16H2,1-4H3,(H,24,29)(H,25,30)/t21-/m1/s1. The first kappa shape index (κ1) is 22.6. The molecule has 2 amide bonds. The lowest BCUT2D eigenvalue weighted by atomic mass is 9.95. The van der Waals surface area contributed by atoms with Crippen LogP contribution in [-0.4, -0.2) is 81.5 Å². The number of hydrogen-bond acceptors (Lipinski definition) is 5. The van der Waals surface area contributed by atoms with Crippen LogP contribution in [0.5, 0.6) is 0 Å². The first-order valence-corrected chi connectivity index (χ1v) is 11.2. The number of amides is 2. The molecule has 2 N–H and O–H groups in total. The van der Waals surface area contributed by atoms with Crippen LogP contribution in [0.4, 0.5) is 5.69 Å². The normalized spacial score (nSPS) is 18.8. The third kappa shape index (κ3) is 5.73. The molecule has 166 valence electrons. The summed E-state index contributed by atoms with van der Waals surface area (Å²) in [6, 6.07) is 6.77. The van der Waals surface area contributed by atoms with E-state index < -0.39 is 11.8 Å². The molecule has 1 aromatic carbocycles. The molecule has 30 heavy (non-hydrogen) atoms. The number of nitrogens with one attached hydrogen (secondary N) is 2. The Balaban J connectivity index is 1.73. The van der Waals surface area contributed by atoms with Crippen molar-refractivity contribution in [2.24, 2.45) is 5.92 Å². The maximum Gasteiger partial charge on any atom is 0.309 e. The lowest BCUT2D eigenvalue weighted by Gasteiger charge is -2.39. The molecule has 2 heterocycles. The molecule has 1 atom stereocenters. The van der Waals surface area contributed by atoms with E-state index in [9.17, 15) is 9.59 Å². The number of piperazine rings is 1. The Labute approximate surface area is 180 Å². The van der Waals surface area contributed by atoms with Gasteiger partial charge in [-0.1, -0.05) is 26.0 Å². The SMILES string of the molecule is CC(C)CNC(=O)C(=O)NC[C@H](c1ccc2c(c1)CCCN2C)N1CCN(C)CC1. The fourth-order valence-corrected chi connectivity index (χ4v) is 4.25. The Kier molecular flexibility index (Phi) is 7.72. The van der Waals surface area contributed by atoms with Crippen LogP contribution in [0.15, 0.2) is 18.2 Å². The van der Waals surface area contributed by atoms with E-state index in [-0.39, 0.29) is 6.04 Å². The highest BCUT2D eigenvalue weighted by atomic mass is 16.2. The van der Waals surface area contributed by atoms with Gasteiger partial charge in [0, 0.05) is 58.5 Å². The minimum Gasteiger partial charge on any atom is -0.374 e. The fourth-order valence-electron chi connectivity index (χ4n) is 4.25. The molecule has 7 nitrogen and oxygen atoms in total. The van der Waals surface area contributed by atoms with Gasteiger partial charge in [0.05, 0.1) is 6.04 Å². The minimum absolute atomic E-state index is 0.0677. The van der Waals surface area contributed by atoms with E-state index in [1.54, 1.807) is 0 Å². The molecule has 7 heteroatoms. The number of rotatable bonds is 6. The van der Waals surface area contributed by atoms with E-state index >= 15 is 0 Å². The Morgan fingerprint density at radius 3 is 2.30 bits per heavy atom. The zero-order valence-corrected chi connectivity index (χ0v) is 18.9. The molecule has 0 bridgehead atoms. The topological polar surface area (TPSA) is 67.9 Å². The summed E-state index contributed by atoms with van der Waals surface area (Å²) in [5.74, 6) is -0.783. The minimum atomic E-state index is -0.549. The number of benzene rings is 1. The zero-order valence-electron chi connectivity index (χ0n) is 18.9. The predicted molar refractivity (Wildman–Crippen MR) is 121 cm³/mol. The maximum atomic E-state index is 12.3. The van der Waals surface area contributed by atoms with E-state index in [1.807, 2.05) is 13.8 Å². The average molecular weight is 416 g/mol. The van der Waals surface area contributed by atoms with Crippen LogP contribution in [0.3, 0.4) is 0 Å². The molecule has 2 aliphatic rings. The van der Waals surface area contributed by atoms with Crippen molar-refractivity contribution >= 4 is 17.5 Å². The Bertz CT molecular complexity index is 743. The number of carbonyl (C=O) groups excluding carboxylic acids is 2. The monoisotopic (exact) mass is 415 g/mol. The van der Waals surface area contributed by atoms with E-state index in [0.717, 1.165) is 39.1 Å². The van der Waals surface area contributed by atoms with Gasteiger partial charge in [0.15, 0.2) is 0 Å². The van der Waals surface area contributed by atoms with Crippen molar-refractivity contribution in [3.63, 3.8) is 0 Å². The summed E-state index contributed by atoms with van der Waals surface area (Å²) in [7, 11) is 4.29. The van der Waals surface area contributed by atoms with Crippen LogP contribution in [-0.2, 0) is 16.0 Å². The van der Waals surface area contributed by atoms with Crippen molar-refractivity contribution < 1.29 is 9.59 Å². The number of aryl methyl sites for hydroxylation is 1. The van der Waals surface area contributed by atoms with Gasteiger partial charge in [0.25, 0.3) is 0 Å². The number of carbonyl (C=O) groups is 2. The predicted octanol–water partition coefficient (Wildman–Crippen LogP) is 1.25. The molecule has 2 aliphatic heterocycles. The third-order valence-corrected chi connectivity index (χ3v) is 6.15. The highest BCUT2D eigenvalue weighted by Crippen LogP contribution is 2.31. The molecule has 0 unspecified atom stereocenters. The number of nitrogens with zero attached hydrogens (tertiary/aromatic N) is 3. The molecular weight excluding hydrogens is 378 g/mol. The van der Waals surface area contributed by atoms with Crippen LogP contribution in [0.2, 0.25) is 0 Å². The van der Waals surface area contributed by atoms with Gasteiger partial charge in [-0.2, -0.15) is 0 Å². The molecule has 1 fully saturated rings. The van der Waals surface area contributed by atoms with Crippen molar-refractivity contribution in [2.75, 3.05) is 64.8 Å². The number of likely N-dealkylation sites (N-methyl/N-ethyl adjacent to an activating group) is 1. The highest BCUT2D eigenvalue weighted by molar-refractivity contribution is 6.35. The van der Waals surface area contributed by atoms with Crippen molar-refractivity contribution in [2.45, 2.75) is 32.7 Å². The smallest absolute Gasteiger partial charge is 0.309 e.